The highest BCUT2D eigenvalue weighted by Gasteiger charge is 2.49. The van der Waals surface area contributed by atoms with Crippen LogP contribution in [0.3, 0.4) is 0 Å². The fraction of sp³-hybridized carbons (Fsp3) is 0.778. The molecule has 0 aromatic heterocycles. The first-order chi connectivity index (χ1) is 5.22. The first-order valence-electron chi connectivity index (χ1n) is 4.41. The molecule has 0 spiro atoms. The molecule has 0 aromatic carbocycles. The van der Waals surface area contributed by atoms with Gasteiger partial charge in [-0.25, -0.2) is 0 Å². The van der Waals surface area contributed by atoms with Gasteiger partial charge in [0.05, 0.1) is 13.2 Å². The Balaban J connectivity index is 2.57. The monoisotopic (exact) mass is 156 g/mol. The number of nitrogens with zero attached hydrogens (tertiary/aromatic N) is 1. The zero-order chi connectivity index (χ0) is 8.48. The summed E-state index contributed by atoms with van der Waals surface area (Å²) in [4.78, 5) is 0. The quantitative estimate of drug-likeness (QED) is 0.611. The minimum Gasteiger partial charge on any atom is -0.390 e. The lowest BCUT2D eigenvalue weighted by molar-refractivity contribution is -0.787. The second-order valence-electron chi connectivity index (χ2n) is 3.12. The molecule has 0 radical (unpaired) electrons. The summed E-state index contributed by atoms with van der Waals surface area (Å²) in [6, 6.07) is 0. The van der Waals surface area contributed by atoms with Gasteiger partial charge in [0, 0.05) is 13.3 Å². The van der Waals surface area contributed by atoms with Crippen molar-refractivity contribution in [1.29, 1.82) is 0 Å². The molecular formula is C9H18NO+. The Hall–Kier alpha value is -0.340. The van der Waals surface area contributed by atoms with Gasteiger partial charge in [0.1, 0.15) is 6.54 Å². The van der Waals surface area contributed by atoms with Crippen molar-refractivity contribution in [1.82, 2.24) is 0 Å². The largest absolute Gasteiger partial charge is 0.390 e. The van der Waals surface area contributed by atoms with Crippen LogP contribution in [0.4, 0.5) is 0 Å². The van der Waals surface area contributed by atoms with Gasteiger partial charge < -0.3 is 5.11 Å². The van der Waals surface area contributed by atoms with E-state index in [9.17, 15) is 0 Å². The first kappa shape index (κ1) is 8.75. The number of quaternary nitrogens is 1. The number of hydrogen-bond acceptors (Lipinski definition) is 1. The number of allylic oxidation sites excluding steroid dienone is 2. The molecule has 0 amide bonds. The summed E-state index contributed by atoms with van der Waals surface area (Å²) < 4.78 is 0.993. The minimum absolute atomic E-state index is 0.300. The molecule has 64 valence electrons. The van der Waals surface area contributed by atoms with Crippen LogP contribution in [-0.4, -0.2) is 29.3 Å². The summed E-state index contributed by atoms with van der Waals surface area (Å²) in [7, 11) is 0. The molecule has 2 nitrogen and oxygen atoms in total. The van der Waals surface area contributed by atoms with Gasteiger partial charge in [-0.05, 0) is 6.92 Å². The highest BCUT2D eigenvalue weighted by Crippen LogP contribution is 2.43. The lowest BCUT2D eigenvalue weighted by Gasteiger charge is -2.18. The standard InChI is InChI=1S/C9H18NO/c1-4-9-8(3)10(9,5-2)6-7-11/h11H,4-7H2,1-3H3/q+1. The van der Waals surface area contributed by atoms with Crippen molar-refractivity contribution >= 4 is 0 Å². The molecule has 1 aliphatic heterocycles. The molecule has 1 unspecified atom stereocenters. The second kappa shape index (κ2) is 2.95. The van der Waals surface area contributed by atoms with E-state index in [1.54, 1.807) is 0 Å². The topological polar surface area (TPSA) is 20.2 Å². The van der Waals surface area contributed by atoms with Crippen molar-refractivity contribution in [3.63, 3.8) is 0 Å². The molecular weight excluding hydrogens is 138 g/mol. The average Bonchev–Trinajstić information content (AvgIpc) is 2.57. The second-order valence-corrected chi connectivity index (χ2v) is 3.12. The van der Waals surface area contributed by atoms with Crippen molar-refractivity contribution in [3.8, 4) is 0 Å². The fourth-order valence-electron chi connectivity index (χ4n) is 2.13. The van der Waals surface area contributed by atoms with E-state index in [0.717, 1.165) is 24.0 Å². The third-order valence-corrected chi connectivity index (χ3v) is 2.88. The molecule has 1 aliphatic rings. The van der Waals surface area contributed by atoms with Gasteiger partial charge in [-0.15, -0.1) is 0 Å². The number of aliphatic hydroxyl groups is 1. The summed E-state index contributed by atoms with van der Waals surface area (Å²) in [6.45, 7) is 8.83. The molecule has 0 bridgehead atoms. The predicted molar refractivity (Wildman–Crippen MR) is 45.7 cm³/mol. The maximum Gasteiger partial charge on any atom is 0.170 e. The zero-order valence-electron chi connectivity index (χ0n) is 7.72. The van der Waals surface area contributed by atoms with Crippen molar-refractivity contribution in [2.24, 2.45) is 0 Å². The van der Waals surface area contributed by atoms with Crippen LogP contribution >= 0.6 is 0 Å². The normalized spacial score (nSPS) is 29.5. The zero-order valence-corrected chi connectivity index (χ0v) is 7.72. The van der Waals surface area contributed by atoms with Crippen molar-refractivity contribution < 1.29 is 9.59 Å². The van der Waals surface area contributed by atoms with E-state index in [1.807, 2.05) is 0 Å². The van der Waals surface area contributed by atoms with Crippen LogP contribution in [0.5, 0.6) is 0 Å². The molecule has 1 rings (SSSR count). The fourth-order valence-corrected chi connectivity index (χ4v) is 2.13. The van der Waals surface area contributed by atoms with E-state index in [-0.39, 0.29) is 0 Å². The Morgan fingerprint density at radius 1 is 1.36 bits per heavy atom. The van der Waals surface area contributed by atoms with Crippen LogP contribution in [-0.2, 0) is 0 Å². The Morgan fingerprint density at radius 3 is 2.27 bits per heavy atom. The van der Waals surface area contributed by atoms with Crippen LogP contribution in [0.1, 0.15) is 27.2 Å². The molecule has 0 fully saturated rings. The Labute approximate surface area is 68.7 Å². The van der Waals surface area contributed by atoms with E-state index in [1.165, 1.54) is 11.4 Å². The van der Waals surface area contributed by atoms with Crippen molar-refractivity contribution in [3.05, 3.63) is 11.4 Å². The minimum atomic E-state index is 0.300. The Kier molecular flexibility index (Phi) is 2.35. The summed E-state index contributed by atoms with van der Waals surface area (Å²) in [5, 5.41) is 8.86. The molecule has 0 saturated carbocycles. The van der Waals surface area contributed by atoms with Gasteiger partial charge >= 0.3 is 0 Å². The number of aliphatic hydroxyl groups excluding tert-OH is 1. The van der Waals surface area contributed by atoms with Crippen molar-refractivity contribution in [2.45, 2.75) is 27.2 Å². The lowest BCUT2D eigenvalue weighted by atomic mass is 10.4. The van der Waals surface area contributed by atoms with Gasteiger partial charge in [-0.1, -0.05) is 6.92 Å². The predicted octanol–water partition coefficient (Wildman–Crippen LogP) is 1.47. The molecule has 1 heterocycles. The lowest BCUT2D eigenvalue weighted by Crippen LogP contribution is -2.32. The van der Waals surface area contributed by atoms with Gasteiger partial charge in [-0.2, -0.15) is 0 Å². The molecule has 2 heteroatoms. The highest BCUT2D eigenvalue weighted by atomic mass is 16.3. The van der Waals surface area contributed by atoms with E-state index in [4.69, 9.17) is 5.11 Å². The van der Waals surface area contributed by atoms with Gasteiger partial charge in [0.2, 0.25) is 0 Å². The van der Waals surface area contributed by atoms with Crippen molar-refractivity contribution in [2.75, 3.05) is 19.7 Å². The molecule has 0 aromatic rings. The third-order valence-electron chi connectivity index (χ3n) is 2.88. The molecule has 11 heavy (non-hydrogen) atoms. The smallest absolute Gasteiger partial charge is 0.170 e. The van der Waals surface area contributed by atoms with Crippen LogP contribution in [0, 0.1) is 0 Å². The molecule has 1 atom stereocenters. The Bertz CT molecular complexity index is 186. The maximum atomic E-state index is 8.86. The number of likely N-dealkylation sites (N-methyl/N-ethyl adjacent to an activating group) is 1. The molecule has 0 saturated heterocycles. The van der Waals surface area contributed by atoms with E-state index in [2.05, 4.69) is 20.8 Å². The van der Waals surface area contributed by atoms with Gasteiger partial charge in [0.25, 0.3) is 0 Å². The summed E-state index contributed by atoms with van der Waals surface area (Å²) >= 11 is 0. The van der Waals surface area contributed by atoms with Crippen LogP contribution in [0.15, 0.2) is 11.4 Å². The summed E-state index contributed by atoms with van der Waals surface area (Å²) in [5.74, 6) is 0. The van der Waals surface area contributed by atoms with E-state index < -0.39 is 0 Å². The molecule has 1 N–H and O–H groups in total. The SMILES string of the molecule is CCC1=C(C)[N+]1(CC)CCO. The average molecular weight is 156 g/mol. The van der Waals surface area contributed by atoms with Crippen LogP contribution in [0.25, 0.3) is 0 Å². The van der Waals surface area contributed by atoms with Crippen LogP contribution < -0.4 is 0 Å². The van der Waals surface area contributed by atoms with Crippen LogP contribution in [0.2, 0.25) is 0 Å². The maximum absolute atomic E-state index is 8.86. The molecule has 0 aliphatic carbocycles. The number of hydrogen-bond donors (Lipinski definition) is 1. The number of rotatable bonds is 4. The highest BCUT2D eigenvalue weighted by molar-refractivity contribution is 5.15. The summed E-state index contributed by atoms with van der Waals surface area (Å²) in [5.41, 5.74) is 3.01. The van der Waals surface area contributed by atoms with E-state index in [0.29, 0.717) is 6.61 Å². The summed E-state index contributed by atoms with van der Waals surface area (Å²) in [6.07, 6.45) is 1.14. The third kappa shape index (κ3) is 1.10. The van der Waals surface area contributed by atoms with Gasteiger partial charge in [0.15, 0.2) is 11.4 Å². The Morgan fingerprint density at radius 2 is 2.00 bits per heavy atom. The van der Waals surface area contributed by atoms with Gasteiger partial charge in [-0.3, -0.25) is 4.48 Å². The first-order valence-corrected chi connectivity index (χ1v) is 4.41. The van der Waals surface area contributed by atoms with E-state index >= 15 is 0 Å².